The SMILES string of the molecule is CC1(C)C[C@@H]2C[C@@](C)(CN2Cc2cnc(NCC(=O)O)nc2)C1. The minimum absolute atomic E-state index is 0.166. The van der Waals surface area contributed by atoms with Crippen molar-refractivity contribution in [2.75, 3.05) is 18.4 Å². The number of carboxylic acids is 1. The van der Waals surface area contributed by atoms with Gasteiger partial charge in [0.1, 0.15) is 6.54 Å². The van der Waals surface area contributed by atoms with Crippen LogP contribution >= 0.6 is 0 Å². The first-order valence-corrected chi connectivity index (χ1v) is 8.25. The standard InChI is InChI=1S/C17H26N4O2/c1-16(2)4-13-5-17(3,10-16)11-21(13)9-12-6-18-15(19-7-12)20-8-14(22)23/h6-7,13H,4-5,8-11H2,1-3H3,(H,22,23)(H,18,19,20)/t13-,17-/m1/s1. The summed E-state index contributed by atoms with van der Waals surface area (Å²) >= 11 is 0. The molecule has 0 unspecified atom stereocenters. The van der Waals surface area contributed by atoms with Crippen LogP contribution in [-0.4, -0.2) is 45.1 Å². The molecule has 2 bridgehead atoms. The maximum absolute atomic E-state index is 10.5. The fourth-order valence-electron chi connectivity index (χ4n) is 4.68. The molecule has 6 nitrogen and oxygen atoms in total. The Morgan fingerprint density at radius 3 is 2.70 bits per heavy atom. The smallest absolute Gasteiger partial charge is 0.322 e. The van der Waals surface area contributed by atoms with Gasteiger partial charge in [0.25, 0.3) is 0 Å². The molecule has 1 aliphatic heterocycles. The Balaban J connectivity index is 1.63. The molecule has 2 fully saturated rings. The van der Waals surface area contributed by atoms with Crippen LogP contribution in [0.1, 0.15) is 45.6 Å². The van der Waals surface area contributed by atoms with Crippen LogP contribution in [0.3, 0.4) is 0 Å². The molecule has 2 aliphatic rings. The van der Waals surface area contributed by atoms with Crippen molar-refractivity contribution in [3.05, 3.63) is 18.0 Å². The molecular formula is C17H26N4O2. The third kappa shape index (κ3) is 3.80. The van der Waals surface area contributed by atoms with Crippen LogP contribution in [0.15, 0.2) is 12.4 Å². The third-order valence-corrected chi connectivity index (χ3v) is 5.01. The van der Waals surface area contributed by atoms with Crippen LogP contribution in [-0.2, 0) is 11.3 Å². The average Bonchev–Trinajstić information content (AvgIpc) is 2.66. The lowest BCUT2D eigenvalue weighted by Gasteiger charge is -2.39. The van der Waals surface area contributed by atoms with Gasteiger partial charge in [-0.15, -0.1) is 0 Å². The minimum Gasteiger partial charge on any atom is -0.480 e. The highest BCUT2D eigenvalue weighted by Crippen LogP contribution is 2.52. The third-order valence-electron chi connectivity index (χ3n) is 5.01. The number of rotatable bonds is 5. The number of carboxylic acid groups (broad SMARTS) is 1. The molecule has 2 atom stereocenters. The number of anilines is 1. The van der Waals surface area contributed by atoms with Crippen molar-refractivity contribution >= 4 is 11.9 Å². The highest BCUT2D eigenvalue weighted by atomic mass is 16.4. The summed E-state index contributed by atoms with van der Waals surface area (Å²) < 4.78 is 0. The van der Waals surface area contributed by atoms with Crippen LogP contribution in [0.4, 0.5) is 5.95 Å². The van der Waals surface area contributed by atoms with Crippen LogP contribution in [0, 0.1) is 10.8 Å². The first-order valence-electron chi connectivity index (χ1n) is 8.25. The molecule has 1 aromatic rings. The summed E-state index contributed by atoms with van der Waals surface area (Å²) in [6.45, 7) is 9.02. The van der Waals surface area contributed by atoms with Crippen molar-refractivity contribution < 1.29 is 9.90 Å². The summed E-state index contributed by atoms with van der Waals surface area (Å²) in [6, 6.07) is 0.647. The molecule has 6 heteroatoms. The normalized spacial score (nSPS) is 29.4. The number of fused-ring (bicyclic) bond motifs is 2. The zero-order chi connectivity index (χ0) is 16.7. The van der Waals surface area contributed by atoms with Gasteiger partial charge in [-0.05, 0) is 30.1 Å². The number of nitrogens with one attached hydrogen (secondary N) is 1. The van der Waals surface area contributed by atoms with E-state index in [1.54, 1.807) is 12.4 Å². The zero-order valence-electron chi connectivity index (χ0n) is 14.2. The second-order valence-corrected chi connectivity index (χ2v) is 8.28. The first kappa shape index (κ1) is 16.2. The summed E-state index contributed by atoms with van der Waals surface area (Å²) in [4.78, 5) is 21.5. The maximum Gasteiger partial charge on any atom is 0.322 e. The van der Waals surface area contributed by atoms with E-state index in [2.05, 4.69) is 41.0 Å². The molecule has 0 spiro atoms. The van der Waals surface area contributed by atoms with E-state index in [0.29, 0.717) is 22.8 Å². The highest BCUT2D eigenvalue weighted by molar-refractivity contribution is 5.71. The Labute approximate surface area is 137 Å². The van der Waals surface area contributed by atoms with Gasteiger partial charge < -0.3 is 10.4 Å². The summed E-state index contributed by atoms with van der Waals surface area (Å²) in [6.07, 6.45) is 7.43. The van der Waals surface area contributed by atoms with Crippen LogP contribution in [0.5, 0.6) is 0 Å². The van der Waals surface area contributed by atoms with E-state index in [4.69, 9.17) is 5.11 Å². The molecule has 0 radical (unpaired) electrons. The molecule has 23 heavy (non-hydrogen) atoms. The summed E-state index contributed by atoms with van der Waals surface area (Å²) in [7, 11) is 0. The highest BCUT2D eigenvalue weighted by Gasteiger charge is 2.49. The lowest BCUT2D eigenvalue weighted by molar-refractivity contribution is -0.134. The lowest BCUT2D eigenvalue weighted by Crippen LogP contribution is -2.34. The minimum atomic E-state index is -0.919. The lowest BCUT2D eigenvalue weighted by atomic mass is 9.65. The van der Waals surface area contributed by atoms with E-state index in [-0.39, 0.29) is 6.54 Å². The number of hydrogen-bond acceptors (Lipinski definition) is 5. The molecule has 1 saturated carbocycles. The van der Waals surface area contributed by atoms with E-state index >= 15 is 0 Å². The number of hydrogen-bond donors (Lipinski definition) is 2. The van der Waals surface area contributed by atoms with Crippen molar-refractivity contribution in [1.82, 2.24) is 14.9 Å². The van der Waals surface area contributed by atoms with Gasteiger partial charge in [-0.25, -0.2) is 9.97 Å². The Kier molecular flexibility index (Phi) is 4.04. The van der Waals surface area contributed by atoms with Gasteiger partial charge in [-0.2, -0.15) is 0 Å². The van der Waals surface area contributed by atoms with Crippen molar-refractivity contribution in [1.29, 1.82) is 0 Å². The molecule has 1 aliphatic carbocycles. The molecule has 0 aromatic carbocycles. The topological polar surface area (TPSA) is 78.4 Å². The van der Waals surface area contributed by atoms with Crippen molar-refractivity contribution in [3.8, 4) is 0 Å². The molecule has 1 saturated heterocycles. The van der Waals surface area contributed by atoms with Crippen molar-refractivity contribution in [3.63, 3.8) is 0 Å². The number of aliphatic carboxylic acids is 1. The monoisotopic (exact) mass is 318 g/mol. The molecule has 0 amide bonds. The number of aromatic nitrogens is 2. The van der Waals surface area contributed by atoms with Crippen molar-refractivity contribution in [2.24, 2.45) is 10.8 Å². The Morgan fingerprint density at radius 2 is 2.04 bits per heavy atom. The van der Waals surface area contributed by atoms with Gasteiger partial charge in [-0.3, -0.25) is 9.69 Å². The van der Waals surface area contributed by atoms with Gasteiger partial charge in [0.15, 0.2) is 0 Å². The zero-order valence-corrected chi connectivity index (χ0v) is 14.2. The van der Waals surface area contributed by atoms with Crippen molar-refractivity contribution in [2.45, 2.75) is 52.6 Å². The number of nitrogens with zero attached hydrogens (tertiary/aromatic N) is 3. The van der Waals surface area contributed by atoms with Gasteiger partial charge in [0.2, 0.25) is 5.95 Å². The quantitative estimate of drug-likeness (QED) is 0.868. The van der Waals surface area contributed by atoms with Crippen LogP contribution in [0.2, 0.25) is 0 Å². The predicted octanol–water partition coefficient (Wildman–Crippen LogP) is 2.37. The van der Waals surface area contributed by atoms with E-state index in [1.165, 1.54) is 19.3 Å². The average molecular weight is 318 g/mol. The molecule has 2 heterocycles. The predicted molar refractivity (Wildman–Crippen MR) is 88.1 cm³/mol. The Hall–Kier alpha value is -1.69. The summed E-state index contributed by atoms with van der Waals surface area (Å²) in [5.41, 5.74) is 1.93. The van der Waals surface area contributed by atoms with Gasteiger partial charge in [0, 0.05) is 37.1 Å². The Bertz CT molecular complexity index is 587. The maximum atomic E-state index is 10.5. The molecule has 3 rings (SSSR count). The van der Waals surface area contributed by atoms with Gasteiger partial charge >= 0.3 is 5.97 Å². The fourth-order valence-corrected chi connectivity index (χ4v) is 4.68. The summed E-state index contributed by atoms with van der Waals surface area (Å²) in [5.74, 6) is -0.553. The van der Waals surface area contributed by atoms with Gasteiger partial charge in [0.05, 0.1) is 0 Å². The second kappa shape index (κ2) is 5.74. The van der Waals surface area contributed by atoms with Gasteiger partial charge in [-0.1, -0.05) is 20.8 Å². The van der Waals surface area contributed by atoms with E-state index in [1.807, 2.05) is 0 Å². The summed E-state index contributed by atoms with van der Waals surface area (Å²) in [5, 5.41) is 11.3. The van der Waals surface area contributed by atoms with Crippen LogP contribution < -0.4 is 5.32 Å². The molecular weight excluding hydrogens is 292 g/mol. The van der Waals surface area contributed by atoms with E-state index < -0.39 is 5.97 Å². The fraction of sp³-hybridized carbons (Fsp3) is 0.706. The molecule has 2 N–H and O–H groups in total. The Morgan fingerprint density at radius 1 is 1.35 bits per heavy atom. The first-order chi connectivity index (χ1) is 10.7. The molecule has 126 valence electrons. The largest absolute Gasteiger partial charge is 0.480 e. The number of carbonyl (C=O) groups is 1. The second-order valence-electron chi connectivity index (χ2n) is 8.28. The van der Waals surface area contributed by atoms with E-state index in [9.17, 15) is 4.79 Å². The van der Waals surface area contributed by atoms with E-state index in [0.717, 1.165) is 18.7 Å². The van der Waals surface area contributed by atoms with Crippen LogP contribution in [0.25, 0.3) is 0 Å². The molecule has 1 aromatic heterocycles. The number of likely N-dealkylation sites (tertiary alicyclic amines) is 1.